The lowest BCUT2D eigenvalue weighted by atomic mass is 10.1. The molecule has 3 rings (SSSR count). The number of aromatic amines is 1. The fraction of sp³-hybridized carbons (Fsp3) is 0.357. The highest BCUT2D eigenvalue weighted by molar-refractivity contribution is 7.99. The maximum absolute atomic E-state index is 6.14. The van der Waals surface area contributed by atoms with E-state index in [0.717, 1.165) is 29.2 Å². The summed E-state index contributed by atoms with van der Waals surface area (Å²) in [6, 6.07) is 9.85. The van der Waals surface area contributed by atoms with Gasteiger partial charge in [-0.3, -0.25) is 5.10 Å². The molecule has 1 saturated heterocycles. The Balaban J connectivity index is 1.84. The Labute approximate surface area is 116 Å². The lowest BCUT2D eigenvalue weighted by Gasteiger charge is -2.23. The first kappa shape index (κ1) is 12.4. The van der Waals surface area contributed by atoms with Crippen molar-refractivity contribution in [3.8, 4) is 17.0 Å². The summed E-state index contributed by atoms with van der Waals surface area (Å²) in [6.45, 7) is 0. The van der Waals surface area contributed by atoms with Gasteiger partial charge < -0.3 is 10.5 Å². The van der Waals surface area contributed by atoms with Crippen molar-refractivity contribution in [1.82, 2.24) is 10.2 Å². The molecular formula is C14H17N3OS. The van der Waals surface area contributed by atoms with Gasteiger partial charge >= 0.3 is 0 Å². The zero-order valence-corrected chi connectivity index (χ0v) is 11.5. The van der Waals surface area contributed by atoms with E-state index in [1.807, 2.05) is 42.1 Å². The van der Waals surface area contributed by atoms with Gasteiger partial charge in [0.15, 0.2) is 0 Å². The number of para-hydroxylation sites is 1. The first-order valence-corrected chi connectivity index (χ1v) is 7.63. The number of hydrogen-bond donors (Lipinski definition) is 2. The highest BCUT2D eigenvalue weighted by Gasteiger charge is 2.17. The number of H-pyrrole nitrogens is 1. The molecule has 1 aromatic heterocycles. The van der Waals surface area contributed by atoms with Crippen LogP contribution in [0, 0.1) is 0 Å². The molecule has 1 fully saturated rings. The van der Waals surface area contributed by atoms with Crippen LogP contribution in [0.3, 0.4) is 0 Å². The largest absolute Gasteiger partial charge is 0.489 e. The number of rotatable bonds is 3. The standard InChI is InChI=1S/C14H17N3OS/c15-14-8-12(16-17-14)11-5-1-2-6-13(11)18-10-4-3-7-19-9-10/h1-2,5-6,8,10H,3-4,7,9H2,(H3,15,16,17). The SMILES string of the molecule is Nc1cc(-c2ccccc2OC2CCCSC2)[nH]n1. The molecule has 1 unspecified atom stereocenters. The van der Waals surface area contributed by atoms with Gasteiger partial charge in [0.25, 0.3) is 0 Å². The number of anilines is 1. The summed E-state index contributed by atoms with van der Waals surface area (Å²) in [5.41, 5.74) is 7.58. The van der Waals surface area contributed by atoms with E-state index in [2.05, 4.69) is 10.2 Å². The smallest absolute Gasteiger partial charge is 0.145 e. The molecular weight excluding hydrogens is 258 g/mol. The van der Waals surface area contributed by atoms with E-state index in [1.54, 1.807) is 0 Å². The fourth-order valence-electron chi connectivity index (χ4n) is 2.25. The molecule has 4 nitrogen and oxygen atoms in total. The molecule has 0 bridgehead atoms. The average molecular weight is 275 g/mol. The lowest BCUT2D eigenvalue weighted by molar-refractivity contribution is 0.212. The van der Waals surface area contributed by atoms with Gasteiger partial charge in [0, 0.05) is 17.4 Å². The van der Waals surface area contributed by atoms with Gasteiger partial charge in [-0.2, -0.15) is 16.9 Å². The molecule has 19 heavy (non-hydrogen) atoms. The van der Waals surface area contributed by atoms with Crippen LogP contribution < -0.4 is 10.5 Å². The Morgan fingerprint density at radius 2 is 2.26 bits per heavy atom. The minimum absolute atomic E-state index is 0.306. The van der Waals surface area contributed by atoms with Gasteiger partial charge in [-0.05, 0) is 30.7 Å². The maximum atomic E-state index is 6.14. The van der Waals surface area contributed by atoms with Gasteiger partial charge in [-0.1, -0.05) is 12.1 Å². The number of benzene rings is 1. The van der Waals surface area contributed by atoms with Crippen LogP contribution in [-0.2, 0) is 0 Å². The van der Waals surface area contributed by atoms with Gasteiger partial charge in [-0.25, -0.2) is 0 Å². The van der Waals surface area contributed by atoms with Crippen LogP contribution in [0.5, 0.6) is 5.75 Å². The molecule has 1 aliphatic rings. The summed E-state index contributed by atoms with van der Waals surface area (Å²) in [4.78, 5) is 0. The van der Waals surface area contributed by atoms with Crippen molar-refractivity contribution in [3.63, 3.8) is 0 Å². The highest BCUT2D eigenvalue weighted by atomic mass is 32.2. The summed E-state index contributed by atoms with van der Waals surface area (Å²) in [5, 5.41) is 6.91. The van der Waals surface area contributed by atoms with Crippen LogP contribution >= 0.6 is 11.8 Å². The molecule has 2 aromatic rings. The summed E-state index contributed by atoms with van der Waals surface area (Å²) in [7, 11) is 0. The fourth-order valence-corrected chi connectivity index (χ4v) is 3.29. The van der Waals surface area contributed by atoms with Crippen LogP contribution in [0.2, 0.25) is 0 Å². The molecule has 0 spiro atoms. The second kappa shape index (κ2) is 5.57. The molecule has 3 N–H and O–H groups in total. The molecule has 1 aliphatic heterocycles. The second-order valence-electron chi connectivity index (χ2n) is 4.66. The summed E-state index contributed by atoms with van der Waals surface area (Å²) >= 11 is 1.96. The third-order valence-electron chi connectivity index (χ3n) is 3.19. The molecule has 100 valence electrons. The topological polar surface area (TPSA) is 63.9 Å². The van der Waals surface area contributed by atoms with Crippen LogP contribution in [0.25, 0.3) is 11.3 Å². The van der Waals surface area contributed by atoms with Crippen LogP contribution in [-0.4, -0.2) is 27.8 Å². The molecule has 1 aromatic carbocycles. The van der Waals surface area contributed by atoms with E-state index >= 15 is 0 Å². The predicted molar refractivity (Wildman–Crippen MR) is 79.4 cm³/mol. The Hall–Kier alpha value is -1.62. The number of nitrogens with two attached hydrogens (primary N) is 1. The quantitative estimate of drug-likeness (QED) is 0.904. The second-order valence-corrected chi connectivity index (χ2v) is 5.81. The Morgan fingerprint density at radius 1 is 1.37 bits per heavy atom. The monoisotopic (exact) mass is 275 g/mol. The van der Waals surface area contributed by atoms with Crippen molar-refractivity contribution in [1.29, 1.82) is 0 Å². The van der Waals surface area contributed by atoms with Gasteiger partial charge in [0.1, 0.15) is 17.7 Å². The first-order chi connectivity index (χ1) is 9.33. The highest BCUT2D eigenvalue weighted by Crippen LogP contribution is 2.31. The number of nitrogen functional groups attached to an aromatic ring is 1. The molecule has 2 heterocycles. The van der Waals surface area contributed by atoms with E-state index < -0.39 is 0 Å². The number of ether oxygens (including phenoxy) is 1. The average Bonchev–Trinajstić information content (AvgIpc) is 2.87. The van der Waals surface area contributed by atoms with Gasteiger partial charge in [0.2, 0.25) is 0 Å². The molecule has 0 radical (unpaired) electrons. The van der Waals surface area contributed by atoms with Crippen molar-refractivity contribution in [3.05, 3.63) is 30.3 Å². The molecule has 5 heteroatoms. The van der Waals surface area contributed by atoms with Crippen molar-refractivity contribution in [2.75, 3.05) is 17.2 Å². The normalized spacial score (nSPS) is 19.3. The predicted octanol–water partition coefficient (Wildman–Crippen LogP) is 2.93. The first-order valence-electron chi connectivity index (χ1n) is 6.47. The van der Waals surface area contributed by atoms with Crippen molar-refractivity contribution in [2.24, 2.45) is 0 Å². The number of nitrogens with zero attached hydrogens (tertiary/aromatic N) is 1. The third-order valence-corrected chi connectivity index (χ3v) is 4.37. The number of nitrogens with one attached hydrogen (secondary N) is 1. The summed E-state index contributed by atoms with van der Waals surface area (Å²) in [6.07, 6.45) is 2.67. The Bertz CT molecular complexity index is 549. The van der Waals surface area contributed by atoms with Crippen LogP contribution in [0.1, 0.15) is 12.8 Å². The molecule has 0 saturated carbocycles. The van der Waals surface area contributed by atoms with Crippen LogP contribution in [0.4, 0.5) is 5.82 Å². The van der Waals surface area contributed by atoms with E-state index in [9.17, 15) is 0 Å². The third kappa shape index (κ3) is 2.87. The Morgan fingerprint density at radius 3 is 3.00 bits per heavy atom. The number of hydrogen-bond acceptors (Lipinski definition) is 4. The van der Waals surface area contributed by atoms with E-state index in [0.29, 0.717) is 11.9 Å². The Kier molecular flexibility index (Phi) is 3.64. The van der Waals surface area contributed by atoms with Crippen molar-refractivity contribution < 1.29 is 4.74 Å². The molecule has 0 aliphatic carbocycles. The van der Waals surface area contributed by atoms with E-state index in [-0.39, 0.29) is 0 Å². The van der Waals surface area contributed by atoms with E-state index in [4.69, 9.17) is 10.5 Å². The molecule has 1 atom stereocenters. The van der Waals surface area contributed by atoms with Gasteiger partial charge in [0.05, 0.1) is 5.69 Å². The van der Waals surface area contributed by atoms with Crippen molar-refractivity contribution >= 4 is 17.6 Å². The van der Waals surface area contributed by atoms with Crippen molar-refractivity contribution in [2.45, 2.75) is 18.9 Å². The van der Waals surface area contributed by atoms with E-state index in [1.165, 1.54) is 12.2 Å². The minimum Gasteiger partial charge on any atom is -0.489 e. The number of aromatic nitrogens is 2. The van der Waals surface area contributed by atoms with Gasteiger partial charge in [-0.15, -0.1) is 0 Å². The minimum atomic E-state index is 0.306. The summed E-state index contributed by atoms with van der Waals surface area (Å²) in [5.74, 6) is 3.72. The molecule has 0 amide bonds. The number of thioether (sulfide) groups is 1. The summed E-state index contributed by atoms with van der Waals surface area (Å²) < 4.78 is 6.14. The zero-order chi connectivity index (χ0) is 13.1. The van der Waals surface area contributed by atoms with Crippen LogP contribution in [0.15, 0.2) is 30.3 Å². The zero-order valence-electron chi connectivity index (χ0n) is 10.6. The lowest BCUT2D eigenvalue weighted by Crippen LogP contribution is -2.23. The maximum Gasteiger partial charge on any atom is 0.145 e.